The van der Waals surface area contributed by atoms with Crippen LogP contribution < -0.4 is 15.0 Å². The Bertz CT molecular complexity index is 1220. The van der Waals surface area contributed by atoms with Gasteiger partial charge in [-0.15, -0.1) is 0 Å². The predicted octanol–water partition coefficient (Wildman–Crippen LogP) is 3.55. The van der Waals surface area contributed by atoms with Gasteiger partial charge in [0.05, 0.1) is 24.4 Å². The molecule has 0 aliphatic carbocycles. The molecule has 0 spiro atoms. The van der Waals surface area contributed by atoms with Gasteiger partial charge in [0.2, 0.25) is 5.91 Å². The van der Waals surface area contributed by atoms with Crippen molar-refractivity contribution in [2.45, 2.75) is 18.9 Å². The number of anilines is 3. The van der Waals surface area contributed by atoms with Crippen LogP contribution in [0, 0.1) is 0 Å². The van der Waals surface area contributed by atoms with Crippen LogP contribution in [0.4, 0.5) is 17.2 Å². The second kappa shape index (κ2) is 9.79. The van der Waals surface area contributed by atoms with Gasteiger partial charge in [0, 0.05) is 42.7 Å². The van der Waals surface area contributed by atoms with E-state index in [1.807, 2.05) is 43.3 Å². The molecule has 0 saturated carbocycles. The average molecular weight is 460 g/mol. The highest BCUT2D eigenvalue weighted by Crippen LogP contribution is 2.39. The second-order valence-electron chi connectivity index (χ2n) is 8.85. The molecule has 0 unspecified atom stereocenters. The lowest BCUT2D eigenvalue weighted by Crippen LogP contribution is -2.19. The highest BCUT2D eigenvalue weighted by atomic mass is 16.5. The lowest BCUT2D eigenvalue weighted by molar-refractivity contribution is -0.111. The summed E-state index contributed by atoms with van der Waals surface area (Å²) in [7, 11) is 3.92. The van der Waals surface area contributed by atoms with Crippen LogP contribution >= 0.6 is 0 Å². The quantitative estimate of drug-likeness (QED) is 0.541. The van der Waals surface area contributed by atoms with Gasteiger partial charge >= 0.3 is 0 Å². The Balaban J connectivity index is 1.53. The third-order valence-electron chi connectivity index (χ3n) is 6.04. The van der Waals surface area contributed by atoms with Crippen LogP contribution in [-0.4, -0.2) is 67.3 Å². The summed E-state index contributed by atoms with van der Waals surface area (Å²) in [5.74, 6) is 1.20. The molecule has 34 heavy (non-hydrogen) atoms. The maximum Gasteiger partial charge on any atom is 0.248 e. The monoisotopic (exact) mass is 459 g/mol. The molecular formula is C26H29N5O3. The van der Waals surface area contributed by atoms with E-state index in [4.69, 9.17) is 9.47 Å². The fourth-order valence-electron chi connectivity index (χ4n) is 4.37. The number of fused-ring (bicyclic) bond motifs is 2. The van der Waals surface area contributed by atoms with Crippen LogP contribution in [-0.2, 0) is 16.0 Å². The first-order chi connectivity index (χ1) is 16.6. The number of hydrogen-bond donors (Lipinski definition) is 1. The lowest BCUT2D eigenvalue weighted by Gasteiger charge is -2.21. The van der Waals surface area contributed by atoms with Crippen molar-refractivity contribution in [3.8, 4) is 5.75 Å². The highest BCUT2D eigenvalue weighted by molar-refractivity contribution is 6.03. The summed E-state index contributed by atoms with van der Waals surface area (Å²) < 4.78 is 11.7. The van der Waals surface area contributed by atoms with Gasteiger partial charge in [-0.1, -0.05) is 24.3 Å². The normalized spacial score (nSPS) is 17.6. The third kappa shape index (κ3) is 4.73. The van der Waals surface area contributed by atoms with Crippen LogP contribution in [0.5, 0.6) is 5.75 Å². The van der Waals surface area contributed by atoms with E-state index in [0.29, 0.717) is 31.2 Å². The number of nitrogens with zero attached hydrogens (tertiary/aromatic N) is 4. The van der Waals surface area contributed by atoms with Crippen molar-refractivity contribution in [2.24, 2.45) is 0 Å². The topological polar surface area (TPSA) is 79.8 Å². The van der Waals surface area contributed by atoms with Crippen LogP contribution in [0.1, 0.15) is 12.0 Å². The molecular weight excluding hydrogens is 430 g/mol. The van der Waals surface area contributed by atoms with Crippen molar-refractivity contribution < 1.29 is 14.3 Å². The minimum atomic E-state index is -0.210. The molecule has 3 aromatic rings. The largest absolute Gasteiger partial charge is 0.486 e. The Hall–Kier alpha value is -3.49. The molecule has 2 aromatic carbocycles. The molecule has 8 nitrogen and oxygen atoms in total. The molecule has 2 aliphatic rings. The average Bonchev–Trinajstić information content (AvgIpc) is 3.49. The molecule has 0 bridgehead atoms. The first kappa shape index (κ1) is 22.3. The summed E-state index contributed by atoms with van der Waals surface area (Å²) in [6.07, 6.45) is 6.69. The number of rotatable bonds is 7. The Labute approximate surface area is 199 Å². The van der Waals surface area contributed by atoms with Gasteiger partial charge < -0.3 is 24.6 Å². The Morgan fingerprint density at radius 2 is 2.18 bits per heavy atom. The van der Waals surface area contributed by atoms with E-state index in [1.165, 1.54) is 5.56 Å². The maximum absolute atomic E-state index is 12.7. The molecule has 1 aromatic heterocycles. The van der Waals surface area contributed by atoms with Crippen LogP contribution in [0.15, 0.2) is 54.9 Å². The zero-order chi connectivity index (χ0) is 23.5. The summed E-state index contributed by atoms with van der Waals surface area (Å²) in [6.45, 7) is 2.74. The fraction of sp³-hybridized carbons (Fsp3) is 0.346. The van der Waals surface area contributed by atoms with E-state index >= 15 is 0 Å². The molecule has 1 atom stereocenters. The first-order valence-electron chi connectivity index (χ1n) is 11.6. The number of carbonyl (C=O) groups excluding carboxylic acids is 1. The molecule has 1 saturated heterocycles. The van der Waals surface area contributed by atoms with Gasteiger partial charge in [-0.05, 0) is 38.2 Å². The number of aromatic nitrogens is 2. The number of benzene rings is 2. The van der Waals surface area contributed by atoms with E-state index < -0.39 is 0 Å². The molecule has 3 heterocycles. The van der Waals surface area contributed by atoms with Gasteiger partial charge in [-0.2, -0.15) is 0 Å². The van der Waals surface area contributed by atoms with E-state index in [1.54, 1.807) is 12.4 Å². The molecule has 5 rings (SSSR count). The predicted molar refractivity (Wildman–Crippen MR) is 133 cm³/mol. The third-order valence-corrected chi connectivity index (χ3v) is 6.04. The summed E-state index contributed by atoms with van der Waals surface area (Å²) in [4.78, 5) is 26.0. The van der Waals surface area contributed by atoms with Crippen LogP contribution in [0.3, 0.4) is 0 Å². The number of carbonyl (C=O) groups is 1. The summed E-state index contributed by atoms with van der Waals surface area (Å²) >= 11 is 0. The van der Waals surface area contributed by atoms with Crippen molar-refractivity contribution in [1.82, 2.24) is 14.9 Å². The maximum atomic E-state index is 12.7. The number of amides is 1. The molecule has 1 fully saturated rings. The van der Waals surface area contributed by atoms with Crippen molar-refractivity contribution in [1.29, 1.82) is 0 Å². The zero-order valence-electron chi connectivity index (χ0n) is 19.5. The van der Waals surface area contributed by atoms with E-state index in [9.17, 15) is 4.79 Å². The number of ether oxygens (including phenoxy) is 2. The van der Waals surface area contributed by atoms with Gasteiger partial charge in [0.15, 0.2) is 0 Å². The van der Waals surface area contributed by atoms with Crippen molar-refractivity contribution in [2.75, 3.05) is 50.6 Å². The van der Waals surface area contributed by atoms with Gasteiger partial charge in [-0.3, -0.25) is 4.79 Å². The minimum absolute atomic E-state index is 0.0517. The summed E-state index contributed by atoms with van der Waals surface area (Å²) in [6, 6.07) is 12.2. The fourth-order valence-corrected chi connectivity index (χ4v) is 4.37. The van der Waals surface area contributed by atoms with E-state index in [2.05, 4.69) is 38.4 Å². The minimum Gasteiger partial charge on any atom is -0.486 e. The van der Waals surface area contributed by atoms with Crippen LogP contribution in [0.2, 0.25) is 0 Å². The second-order valence-corrected chi connectivity index (χ2v) is 8.85. The number of likely N-dealkylation sites (N-methyl/N-ethyl adjacent to an activating group) is 1. The molecule has 1 amide bonds. The number of hydrogen-bond acceptors (Lipinski definition) is 7. The molecule has 8 heteroatoms. The molecule has 176 valence electrons. The standard InChI is InChI=1S/C26H29N5O3/c1-30(2)11-5-8-25(32)29-22-14-20-21(15-24(22)34-19-10-13-33-16-19)27-17-28-26(20)31-12-9-18-6-3-4-7-23(18)31/h3-8,14-15,17,19H,9-13,16H2,1-2H3,(H,29,32)/b8-5+/t19-/m1/s1. The Morgan fingerprint density at radius 1 is 1.29 bits per heavy atom. The van der Waals surface area contributed by atoms with Gasteiger partial charge in [-0.25, -0.2) is 9.97 Å². The SMILES string of the molecule is CN(C)C/C=C/C(=O)Nc1cc2c(N3CCc4ccccc43)ncnc2cc1O[C@@H]1CCOC1. The Morgan fingerprint density at radius 3 is 3.00 bits per heavy atom. The first-order valence-corrected chi connectivity index (χ1v) is 11.6. The smallest absolute Gasteiger partial charge is 0.248 e. The van der Waals surface area contributed by atoms with Crippen molar-refractivity contribution in [3.05, 3.63) is 60.4 Å². The number of nitrogens with one attached hydrogen (secondary N) is 1. The van der Waals surface area contributed by atoms with E-state index in [0.717, 1.165) is 41.8 Å². The lowest BCUT2D eigenvalue weighted by atomic mass is 10.1. The number of para-hydroxylation sites is 1. The van der Waals surface area contributed by atoms with Crippen molar-refractivity contribution in [3.63, 3.8) is 0 Å². The van der Waals surface area contributed by atoms with Crippen molar-refractivity contribution >= 4 is 34.0 Å². The van der Waals surface area contributed by atoms with Crippen LogP contribution in [0.25, 0.3) is 10.9 Å². The summed E-state index contributed by atoms with van der Waals surface area (Å²) in [5, 5.41) is 3.87. The summed E-state index contributed by atoms with van der Waals surface area (Å²) in [5.41, 5.74) is 3.82. The van der Waals surface area contributed by atoms with Gasteiger partial charge in [0.25, 0.3) is 0 Å². The Kier molecular flexibility index (Phi) is 6.42. The van der Waals surface area contributed by atoms with Gasteiger partial charge in [0.1, 0.15) is 24.0 Å². The molecule has 2 aliphatic heterocycles. The van der Waals surface area contributed by atoms with E-state index in [-0.39, 0.29) is 12.0 Å². The molecule has 0 radical (unpaired) electrons. The zero-order valence-corrected chi connectivity index (χ0v) is 19.5. The highest BCUT2D eigenvalue weighted by Gasteiger charge is 2.25. The molecule has 1 N–H and O–H groups in total.